The lowest BCUT2D eigenvalue weighted by molar-refractivity contribution is 0.102. The first-order chi connectivity index (χ1) is 9.15. The zero-order chi connectivity index (χ0) is 13.7. The van der Waals surface area contributed by atoms with Crippen molar-refractivity contribution in [1.82, 2.24) is 4.98 Å². The maximum absolute atomic E-state index is 12.0. The van der Waals surface area contributed by atoms with Crippen LogP contribution in [-0.2, 0) is 0 Å². The first-order valence-corrected chi connectivity index (χ1v) is 6.24. The molecule has 0 aliphatic carbocycles. The highest BCUT2D eigenvalue weighted by Crippen LogP contribution is 2.10. The number of nitrogens with zero attached hydrogens (tertiary/aromatic N) is 1. The summed E-state index contributed by atoms with van der Waals surface area (Å²) in [5, 5.41) is 6.00. The molecule has 0 aliphatic heterocycles. The van der Waals surface area contributed by atoms with E-state index in [2.05, 4.69) is 15.6 Å². The minimum Gasteiger partial charge on any atom is -0.368 e. The topological polar surface area (TPSA) is 54.0 Å². The smallest absolute Gasteiger partial charge is 0.257 e. The van der Waals surface area contributed by atoms with Gasteiger partial charge in [-0.3, -0.25) is 4.79 Å². The average molecular weight is 255 g/mol. The van der Waals surface area contributed by atoms with E-state index in [1.807, 2.05) is 44.2 Å². The molecule has 19 heavy (non-hydrogen) atoms. The van der Waals surface area contributed by atoms with Gasteiger partial charge in [-0.15, -0.1) is 0 Å². The van der Waals surface area contributed by atoms with Gasteiger partial charge in [0.2, 0.25) is 0 Å². The summed E-state index contributed by atoms with van der Waals surface area (Å²) in [5.41, 5.74) is 1.31. The number of aromatic nitrogens is 1. The Morgan fingerprint density at radius 3 is 2.42 bits per heavy atom. The van der Waals surface area contributed by atoms with Crippen LogP contribution < -0.4 is 10.6 Å². The summed E-state index contributed by atoms with van der Waals surface area (Å²) in [6, 6.07) is 13.2. The van der Waals surface area contributed by atoms with Crippen LogP contribution in [0.1, 0.15) is 24.2 Å². The third-order valence-electron chi connectivity index (χ3n) is 2.49. The Hall–Kier alpha value is -2.36. The normalized spacial score (nSPS) is 10.3. The molecule has 2 aromatic rings. The van der Waals surface area contributed by atoms with E-state index < -0.39 is 0 Å². The first-order valence-electron chi connectivity index (χ1n) is 6.24. The summed E-state index contributed by atoms with van der Waals surface area (Å²) < 4.78 is 0. The van der Waals surface area contributed by atoms with E-state index in [4.69, 9.17) is 0 Å². The molecule has 1 amide bonds. The molecule has 0 radical (unpaired) electrons. The molecule has 2 rings (SSSR count). The molecule has 0 atom stereocenters. The van der Waals surface area contributed by atoms with E-state index in [9.17, 15) is 4.79 Å². The lowest BCUT2D eigenvalue weighted by atomic mass is 10.2. The minimum atomic E-state index is -0.158. The highest BCUT2D eigenvalue weighted by Gasteiger charge is 2.06. The second-order valence-corrected chi connectivity index (χ2v) is 4.55. The standard InChI is InChI=1S/C15H17N3O/c1-11(2)17-14-9-8-12(10-16-14)15(19)18-13-6-4-3-5-7-13/h3-11H,1-2H3,(H,16,17)(H,18,19). The van der Waals surface area contributed by atoms with Crippen molar-refractivity contribution in [3.8, 4) is 0 Å². The number of hydrogen-bond acceptors (Lipinski definition) is 3. The zero-order valence-electron chi connectivity index (χ0n) is 11.1. The molecule has 0 bridgehead atoms. The maximum Gasteiger partial charge on any atom is 0.257 e. The molecule has 0 unspecified atom stereocenters. The number of pyridine rings is 1. The number of hydrogen-bond donors (Lipinski definition) is 2. The average Bonchev–Trinajstić information content (AvgIpc) is 2.40. The van der Waals surface area contributed by atoms with Crippen LogP contribution in [-0.4, -0.2) is 16.9 Å². The fraction of sp³-hybridized carbons (Fsp3) is 0.200. The molecule has 1 heterocycles. The van der Waals surface area contributed by atoms with Crippen LogP contribution in [0.4, 0.5) is 11.5 Å². The van der Waals surface area contributed by atoms with Gasteiger partial charge >= 0.3 is 0 Å². The SMILES string of the molecule is CC(C)Nc1ccc(C(=O)Nc2ccccc2)cn1. The Balaban J connectivity index is 2.04. The zero-order valence-corrected chi connectivity index (χ0v) is 11.1. The van der Waals surface area contributed by atoms with Crippen LogP contribution in [0.5, 0.6) is 0 Å². The van der Waals surface area contributed by atoms with Gasteiger partial charge in [0.15, 0.2) is 0 Å². The molecule has 0 saturated heterocycles. The van der Waals surface area contributed by atoms with Crippen LogP contribution in [0, 0.1) is 0 Å². The van der Waals surface area contributed by atoms with Gasteiger partial charge in [0.1, 0.15) is 5.82 Å². The lowest BCUT2D eigenvalue weighted by Crippen LogP contribution is -2.14. The van der Waals surface area contributed by atoms with E-state index in [0.717, 1.165) is 11.5 Å². The summed E-state index contributed by atoms with van der Waals surface area (Å²) in [6.07, 6.45) is 1.57. The highest BCUT2D eigenvalue weighted by atomic mass is 16.1. The summed E-state index contributed by atoms with van der Waals surface area (Å²) in [6.45, 7) is 4.08. The van der Waals surface area contributed by atoms with Crippen LogP contribution >= 0.6 is 0 Å². The van der Waals surface area contributed by atoms with Gasteiger partial charge in [-0.1, -0.05) is 18.2 Å². The highest BCUT2D eigenvalue weighted by molar-refractivity contribution is 6.04. The molecular formula is C15H17N3O. The monoisotopic (exact) mass is 255 g/mol. The minimum absolute atomic E-state index is 0.158. The van der Waals surface area contributed by atoms with Crippen molar-refractivity contribution in [1.29, 1.82) is 0 Å². The largest absolute Gasteiger partial charge is 0.368 e. The van der Waals surface area contributed by atoms with Crippen LogP contribution in [0.25, 0.3) is 0 Å². The number of para-hydroxylation sites is 1. The molecule has 0 spiro atoms. The van der Waals surface area contributed by atoms with Crippen molar-refractivity contribution in [2.75, 3.05) is 10.6 Å². The predicted molar refractivity (Wildman–Crippen MR) is 77.4 cm³/mol. The molecule has 1 aromatic carbocycles. The number of carbonyl (C=O) groups excluding carboxylic acids is 1. The molecule has 98 valence electrons. The van der Waals surface area contributed by atoms with Gasteiger partial charge in [-0.25, -0.2) is 4.98 Å². The fourth-order valence-electron chi connectivity index (χ4n) is 1.63. The Kier molecular flexibility index (Phi) is 4.13. The summed E-state index contributed by atoms with van der Waals surface area (Å²) >= 11 is 0. The Morgan fingerprint density at radius 1 is 1.11 bits per heavy atom. The number of benzene rings is 1. The maximum atomic E-state index is 12.0. The number of rotatable bonds is 4. The number of amides is 1. The van der Waals surface area contributed by atoms with Crippen molar-refractivity contribution in [3.63, 3.8) is 0 Å². The van der Waals surface area contributed by atoms with E-state index in [-0.39, 0.29) is 5.91 Å². The van der Waals surface area contributed by atoms with Crippen molar-refractivity contribution in [2.45, 2.75) is 19.9 Å². The Labute approximate surface area is 112 Å². The van der Waals surface area contributed by atoms with E-state index in [0.29, 0.717) is 11.6 Å². The number of carbonyl (C=O) groups is 1. The molecule has 1 aromatic heterocycles. The summed E-state index contributed by atoms with van der Waals surface area (Å²) in [7, 11) is 0. The van der Waals surface area contributed by atoms with Crippen molar-refractivity contribution >= 4 is 17.4 Å². The van der Waals surface area contributed by atoms with Gasteiger partial charge in [-0.05, 0) is 38.1 Å². The van der Waals surface area contributed by atoms with E-state index >= 15 is 0 Å². The second kappa shape index (κ2) is 6.00. The molecule has 0 fully saturated rings. The van der Waals surface area contributed by atoms with Gasteiger partial charge in [0.25, 0.3) is 5.91 Å². The molecule has 2 N–H and O–H groups in total. The van der Waals surface area contributed by atoms with Crippen molar-refractivity contribution in [3.05, 3.63) is 54.2 Å². The summed E-state index contributed by atoms with van der Waals surface area (Å²) in [5.74, 6) is 0.612. The Bertz CT molecular complexity index is 535. The molecule has 4 nitrogen and oxygen atoms in total. The third kappa shape index (κ3) is 3.81. The third-order valence-corrected chi connectivity index (χ3v) is 2.49. The van der Waals surface area contributed by atoms with E-state index in [1.165, 1.54) is 0 Å². The fourth-order valence-corrected chi connectivity index (χ4v) is 1.63. The quantitative estimate of drug-likeness (QED) is 0.882. The van der Waals surface area contributed by atoms with Crippen LogP contribution in [0.15, 0.2) is 48.7 Å². The lowest BCUT2D eigenvalue weighted by Gasteiger charge is -2.09. The summed E-state index contributed by atoms with van der Waals surface area (Å²) in [4.78, 5) is 16.2. The van der Waals surface area contributed by atoms with Gasteiger partial charge in [0.05, 0.1) is 5.56 Å². The molecule has 0 saturated carbocycles. The second-order valence-electron chi connectivity index (χ2n) is 4.55. The van der Waals surface area contributed by atoms with Crippen LogP contribution in [0.3, 0.4) is 0 Å². The van der Waals surface area contributed by atoms with Gasteiger partial charge in [0, 0.05) is 17.9 Å². The molecule has 4 heteroatoms. The number of nitrogens with one attached hydrogen (secondary N) is 2. The van der Waals surface area contributed by atoms with Gasteiger partial charge in [-0.2, -0.15) is 0 Å². The van der Waals surface area contributed by atoms with Crippen LogP contribution in [0.2, 0.25) is 0 Å². The predicted octanol–water partition coefficient (Wildman–Crippen LogP) is 3.15. The van der Waals surface area contributed by atoms with Crippen molar-refractivity contribution < 1.29 is 4.79 Å². The number of anilines is 2. The van der Waals surface area contributed by atoms with E-state index in [1.54, 1.807) is 18.3 Å². The Morgan fingerprint density at radius 2 is 1.84 bits per heavy atom. The molecular weight excluding hydrogens is 238 g/mol. The molecule has 0 aliphatic rings. The first kappa shape index (κ1) is 13.1. The van der Waals surface area contributed by atoms with Gasteiger partial charge < -0.3 is 10.6 Å². The van der Waals surface area contributed by atoms with Crippen molar-refractivity contribution in [2.24, 2.45) is 0 Å².